The van der Waals surface area contributed by atoms with Crippen molar-refractivity contribution in [1.29, 1.82) is 5.26 Å². The number of benzene rings is 2. The van der Waals surface area contributed by atoms with Crippen LogP contribution in [0.2, 0.25) is 0 Å². The molecule has 2 N–H and O–H groups in total. The molecule has 1 aliphatic rings. The molecule has 12 heteroatoms. The first-order valence-corrected chi connectivity index (χ1v) is 8.33. The Hall–Kier alpha value is -4.27. The number of anilines is 1. The van der Waals surface area contributed by atoms with Gasteiger partial charge in [0.25, 0.3) is 0 Å². The van der Waals surface area contributed by atoms with Crippen molar-refractivity contribution in [3.05, 3.63) is 54.0 Å². The molecule has 0 saturated carbocycles. The monoisotopic (exact) mass is 416 g/mol. The Bertz CT molecular complexity index is 1140. The van der Waals surface area contributed by atoms with Gasteiger partial charge in [0.05, 0.1) is 11.3 Å². The normalized spacial score (nSPS) is 13.1. The van der Waals surface area contributed by atoms with Gasteiger partial charge in [0.2, 0.25) is 12.6 Å². The van der Waals surface area contributed by atoms with Crippen LogP contribution in [-0.2, 0) is 6.18 Å². The summed E-state index contributed by atoms with van der Waals surface area (Å²) in [6, 6.07) is 9.53. The molecule has 1 aromatic heterocycles. The number of hydrogen-bond acceptors (Lipinski definition) is 8. The summed E-state index contributed by atoms with van der Waals surface area (Å²) in [5, 5.41) is 24.8. The van der Waals surface area contributed by atoms with Crippen LogP contribution < -0.4 is 19.5 Å². The topological polar surface area (TPSA) is 118 Å². The molecule has 3 aromatic rings. The molecule has 0 aliphatic carbocycles. The second-order valence-electron chi connectivity index (χ2n) is 5.88. The third-order valence-electron chi connectivity index (χ3n) is 3.96. The van der Waals surface area contributed by atoms with E-state index < -0.39 is 11.7 Å². The first-order valence-electron chi connectivity index (χ1n) is 8.33. The number of nitriles is 1. The molecule has 4 rings (SSSR count). The zero-order valence-electron chi connectivity index (χ0n) is 14.9. The van der Waals surface area contributed by atoms with Crippen molar-refractivity contribution in [1.82, 2.24) is 20.6 Å². The van der Waals surface area contributed by atoms with Gasteiger partial charge in [-0.3, -0.25) is 0 Å². The number of rotatable bonds is 5. The highest BCUT2D eigenvalue weighted by atomic mass is 19.4. The van der Waals surface area contributed by atoms with Crippen LogP contribution in [0, 0.1) is 11.3 Å². The average Bonchev–Trinajstić information content (AvgIpc) is 3.40. The molecule has 0 spiro atoms. The zero-order valence-corrected chi connectivity index (χ0v) is 14.9. The number of nitrogens with one attached hydrogen (secondary N) is 2. The minimum Gasteiger partial charge on any atom is -0.455 e. The van der Waals surface area contributed by atoms with Crippen molar-refractivity contribution < 1.29 is 27.4 Å². The molecule has 0 bridgehead atoms. The van der Waals surface area contributed by atoms with Gasteiger partial charge in [-0.1, -0.05) is 0 Å². The van der Waals surface area contributed by atoms with Gasteiger partial charge < -0.3 is 19.5 Å². The number of aromatic amines is 1. The molecule has 2 aromatic carbocycles. The Morgan fingerprint density at radius 1 is 1.20 bits per heavy atom. The number of aromatic nitrogens is 4. The summed E-state index contributed by atoms with van der Waals surface area (Å²) < 4.78 is 55.7. The van der Waals surface area contributed by atoms with Crippen molar-refractivity contribution in [3.63, 3.8) is 0 Å². The number of H-pyrrole nitrogens is 1. The molecular formula is C18H11F3N6O3. The minimum atomic E-state index is -4.57. The van der Waals surface area contributed by atoms with E-state index >= 15 is 0 Å². The predicted octanol–water partition coefficient (Wildman–Crippen LogP) is 3.72. The lowest BCUT2D eigenvalue weighted by molar-refractivity contribution is -0.137. The van der Waals surface area contributed by atoms with Gasteiger partial charge in [-0.25, -0.2) is 0 Å². The molecule has 0 amide bonds. The number of tetrazole rings is 1. The van der Waals surface area contributed by atoms with Gasteiger partial charge in [-0.2, -0.15) is 23.6 Å². The Balaban J connectivity index is 1.67. The molecule has 30 heavy (non-hydrogen) atoms. The highest BCUT2D eigenvalue weighted by molar-refractivity contribution is 5.75. The molecule has 1 aliphatic heterocycles. The number of ether oxygens (including phenoxy) is 3. The van der Waals surface area contributed by atoms with E-state index in [4.69, 9.17) is 14.2 Å². The fourth-order valence-corrected chi connectivity index (χ4v) is 2.55. The van der Waals surface area contributed by atoms with Crippen LogP contribution in [0.5, 0.6) is 23.0 Å². The number of alkyl halides is 3. The van der Waals surface area contributed by atoms with Crippen molar-refractivity contribution in [2.24, 2.45) is 0 Å². The van der Waals surface area contributed by atoms with E-state index in [0.29, 0.717) is 17.2 Å². The maximum Gasteiger partial charge on any atom is 0.416 e. The molecule has 0 atom stereocenters. The van der Waals surface area contributed by atoms with Gasteiger partial charge in [0.15, 0.2) is 17.2 Å². The summed E-state index contributed by atoms with van der Waals surface area (Å²) in [5.41, 5.74) is -0.969. The van der Waals surface area contributed by atoms with Crippen molar-refractivity contribution >= 4 is 11.3 Å². The Labute approximate surface area is 166 Å². The summed E-state index contributed by atoms with van der Waals surface area (Å²) in [7, 11) is 0. The lowest BCUT2D eigenvalue weighted by Crippen LogP contribution is -2.06. The minimum absolute atomic E-state index is 0.0183. The number of fused-ring (bicyclic) bond motifs is 1. The van der Waals surface area contributed by atoms with Crippen LogP contribution in [0.4, 0.5) is 18.9 Å². The van der Waals surface area contributed by atoms with E-state index in [2.05, 4.69) is 25.9 Å². The van der Waals surface area contributed by atoms with Gasteiger partial charge in [-0.05, 0) is 35.5 Å². The molecule has 9 nitrogen and oxygen atoms in total. The van der Waals surface area contributed by atoms with E-state index in [0.717, 1.165) is 18.3 Å². The quantitative estimate of drug-likeness (QED) is 0.605. The highest BCUT2D eigenvalue weighted by Crippen LogP contribution is 2.40. The maximum atomic E-state index is 13.2. The van der Waals surface area contributed by atoms with Gasteiger partial charge in [0, 0.05) is 12.3 Å². The fourth-order valence-electron chi connectivity index (χ4n) is 2.55. The van der Waals surface area contributed by atoms with Crippen LogP contribution in [0.15, 0.2) is 42.6 Å². The third-order valence-corrected chi connectivity index (χ3v) is 3.96. The predicted molar refractivity (Wildman–Crippen MR) is 95.5 cm³/mol. The van der Waals surface area contributed by atoms with Crippen molar-refractivity contribution in [2.45, 2.75) is 6.18 Å². The Morgan fingerprint density at radius 2 is 2.03 bits per heavy atom. The van der Waals surface area contributed by atoms with E-state index in [1.165, 1.54) is 6.07 Å². The third kappa shape index (κ3) is 3.95. The lowest BCUT2D eigenvalue weighted by atomic mass is 10.1. The summed E-state index contributed by atoms with van der Waals surface area (Å²) in [4.78, 5) is 0. The molecule has 0 fully saturated rings. The summed E-state index contributed by atoms with van der Waals surface area (Å²) in [6.07, 6.45) is -3.41. The molecule has 152 valence electrons. The summed E-state index contributed by atoms with van der Waals surface area (Å²) >= 11 is 0. The fraction of sp³-hybridized carbons (Fsp3) is 0.111. The molecule has 2 heterocycles. The van der Waals surface area contributed by atoms with E-state index in [-0.39, 0.29) is 29.6 Å². The number of halogens is 3. The van der Waals surface area contributed by atoms with E-state index in [1.807, 2.05) is 6.07 Å². The maximum absolute atomic E-state index is 13.2. The largest absolute Gasteiger partial charge is 0.455 e. The highest BCUT2D eigenvalue weighted by Gasteiger charge is 2.31. The zero-order chi connectivity index (χ0) is 21.1. The van der Waals surface area contributed by atoms with Crippen LogP contribution in [0.25, 0.3) is 5.57 Å². The lowest BCUT2D eigenvalue weighted by Gasteiger charge is -2.14. The van der Waals surface area contributed by atoms with Crippen LogP contribution in [0.1, 0.15) is 11.4 Å². The average molecular weight is 416 g/mol. The van der Waals surface area contributed by atoms with E-state index in [9.17, 15) is 18.4 Å². The number of allylic oxidation sites excluding steroid dienone is 1. The smallest absolute Gasteiger partial charge is 0.416 e. The Morgan fingerprint density at radius 3 is 2.77 bits per heavy atom. The number of nitrogens with zero attached hydrogens (tertiary/aromatic N) is 4. The van der Waals surface area contributed by atoms with E-state index in [1.54, 1.807) is 18.2 Å². The molecule has 0 unspecified atom stereocenters. The van der Waals surface area contributed by atoms with Gasteiger partial charge in [-0.15, -0.1) is 10.2 Å². The van der Waals surface area contributed by atoms with Crippen LogP contribution in [0.3, 0.4) is 0 Å². The SMILES string of the molecule is N#CC(=CNc1cc(C(F)(F)F)ccc1Oc1ccc2c(c1)OCO2)c1nn[nH]n1. The van der Waals surface area contributed by atoms with Gasteiger partial charge >= 0.3 is 6.18 Å². The molecular weight excluding hydrogens is 405 g/mol. The molecule has 0 radical (unpaired) electrons. The first-order chi connectivity index (χ1) is 14.4. The number of hydrogen-bond donors (Lipinski definition) is 2. The summed E-state index contributed by atoms with van der Waals surface area (Å²) in [5.74, 6) is 1.39. The van der Waals surface area contributed by atoms with Crippen LogP contribution in [-0.4, -0.2) is 27.4 Å². The summed E-state index contributed by atoms with van der Waals surface area (Å²) in [6.45, 7) is 0.0731. The Kier molecular flexibility index (Phi) is 4.85. The first kappa shape index (κ1) is 19.1. The standard InChI is InChI=1S/C18H11F3N6O3/c19-18(20,21)11-1-3-14(30-12-2-4-15-16(6-12)29-9-28-15)13(5-11)23-8-10(7-22)17-24-26-27-25-17/h1-6,8,23H,9H2,(H,24,25,26,27). The van der Waals surface area contributed by atoms with Crippen LogP contribution >= 0.6 is 0 Å². The molecule has 0 saturated heterocycles. The van der Waals surface area contributed by atoms with Gasteiger partial charge in [0.1, 0.15) is 17.4 Å². The van der Waals surface area contributed by atoms with Crippen molar-refractivity contribution in [3.8, 4) is 29.1 Å². The van der Waals surface area contributed by atoms with Crippen molar-refractivity contribution in [2.75, 3.05) is 12.1 Å². The second-order valence-corrected chi connectivity index (χ2v) is 5.88. The second kappa shape index (κ2) is 7.63.